The molecule has 1 aromatic carbocycles. The fraction of sp³-hybridized carbons (Fsp3) is 0.756. The first-order valence-corrected chi connectivity index (χ1v) is 20.4. The lowest BCUT2D eigenvalue weighted by Gasteiger charge is -2.41. The van der Waals surface area contributed by atoms with E-state index in [0.717, 1.165) is 24.8 Å². The van der Waals surface area contributed by atoms with E-state index in [1.165, 1.54) is 0 Å². The van der Waals surface area contributed by atoms with Gasteiger partial charge in [-0.05, 0) is 62.7 Å². The minimum absolute atomic E-state index is 0.00969. The third kappa shape index (κ3) is 13.8. The van der Waals surface area contributed by atoms with Gasteiger partial charge in [0.05, 0.1) is 24.6 Å². The molecule has 0 aliphatic carbocycles. The van der Waals surface area contributed by atoms with Gasteiger partial charge in [-0.2, -0.15) is 0 Å². The highest BCUT2D eigenvalue weighted by atomic mass is 32.2. The largest absolute Gasteiger partial charge is 0.508 e. The Morgan fingerprint density at radius 3 is 2.19 bits per heavy atom. The molecule has 1 aliphatic rings. The lowest BCUT2D eigenvalue weighted by Crippen LogP contribution is -2.59. The van der Waals surface area contributed by atoms with Crippen LogP contribution in [-0.2, 0) is 30.3 Å². The first kappa shape index (κ1) is 46.3. The Morgan fingerprint density at radius 2 is 1.66 bits per heavy atom. The van der Waals surface area contributed by atoms with E-state index < -0.39 is 18.2 Å². The van der Waals surface area contributed by atoms with Gasteiger partial charge in [-0.15, -0.1) is 11.8 Å². The molecule has 0 bridgehead atoms. The Kier molecular flexibility index (Phi) is 18.6. The van der Waals surface area contributed by atoms with Gasteiger partial charge in [0.15, 0.2) is 0 Å². The zero-order valence-corrected chi connectivity index (χ0v) is 35.7. The fourth-order valence-corrected chi connectivity index (χ4v) is 9.22. The summed E-state index contributed by atoms with van der Waals surface area (Å²) in [6, 6.07) is 5.48. The molecule has 0 radical (unpaired) electrons. The zero-order valence-electron chi connectivity index (χ0n) is 34.9. The summed E-state index contributed by atoms with van der Waals surface area (Å²) in [7, 11) is 7.09. The van der Waals surface area contributed by atoms with Crippen LogP contribution < -0.4 is 10.6 Å². The maximum Gasteiger partial charge on any atom is 0.245 e. The first-order chi connectivity index (χ1) is 24.7. The molecule has 0 spiro atoms. The van der Waals surface area contributed by atoms with Gasteiger partial charge in [-0.25, -0.2) is 0 Å². The number of carbonyl (C=O) groups is 4. The molecule has 0 saturated carbocycles. The summed E-state index contributed by atoms with van der Waals surface area (Å²) in [5.74, 6) is -0.389. The van der Waals surface area contributed by atoms with Crippen LogP contribution in [-0.4, -0.2) is 125 Å². The molecule has 2 rings (SSSR count). The third-order valence-electron chi connectivity index (χ3n) is 10.4. The number of amides is 4. The van der Waals surface area contributed by atoms with E-state index >= 15 is 0 Å². The molecule has 12 heteroatoms. The SMILES string of the molecule is CCC(C)C(C(CC(=O)N1CCCC1C(CC(=O)NCCc1ccccc1O)SC(C)(C)C)OC)N(C)C(=O)C(NC(=O)C(C(C)C)N(C)C)C(C)C. The molecule has 0 aromatic heterocycles. The summed E-state index contributed by atoms with van der Waals surface area (Å²) in [6.45, 7) is 19.4. The van der Waals surface area contributed by atoms with Crippen molar-refractivity contribution in [1.29, 1.82) is 0 Å². The van der Waals surface area contributed by atoms with Crippen molar-refractivity contribution in [2.24, 2.45) is 17.8 Å². The average Bonchev–Trinajstić information content (AvgIpc) is 3.56. The van der Waals surface area contributed by atoms with Crippen LogP contribution in [0.2, 0.25) is 0 Å². The van der Waals surface area contributed by atoms with Crippen LogP contribution in [0, 0.1) is 17.8 Å². The van der Waals surface area contributed by atoms with Crippen LogP contribution in [0.15, 0.2) is 24.3 Å². The smallest absolute Gasteiger partial charge is 0.245 e. The Hall–Kier alpha value is -2.83. The summed E-state index contributed by atoms with van der Waals surface area (Å²) in [5, 5.41) is 16.1. The monoisotopic (exact) mass is 762 g/mol. The van der Waals surface area contributed by atoms with Crippen molar-refractivity contribution >= 4 is 35.4 Å². The minimum atomic E-state index is -0.740. The number of benzene rings is 1. The molecule has 53 heavy (non-hydrogen) atoms. The van der Waals surface area contributed by atoms with Gasteiger partial charge in [0.25, 0.3) is 0 Å². The lowest BCUT2D eigenvalue weighted by molar-refractivity contribution is -0.146. The average molecular weight is 762 g/mol. The second-order valence-corrected chi connectivity index (χ2v) is 18.8. The number of carbonyl (C=O) groups excluding carboxylic acids is 4. The number of hydrogen-bond acceptors (Lipinski definition) is 8. The van der Waals surface area contributed by atoms with Crippen molar-refractivity contribution in [3.05, 3.63) is 29.8 Å². The number of ether oxygens (including phenoxy) is 1. The number of phenolic OH excluding ortho intramolecular Hbond substituents is 1. The molecule has 1 saturated heterocycles. The summed E-state index contributed by atoms with van der Waals surface area (Å²) in [6.07, 6.45) is 2.72. The zero-order chi connectivity index (χ0) is 40.2. The second-order valence-electron chi connectivity index (χ2n) is 16.7. The predicted molar refractivity (Wildman–Crippen MR) is 216 cm³/mol. The third-order valence-corrected chi connectivity index (χ3v) is 11.9. The number of thioether (sulfide) groups is 1. The quantitative estimate of drug-likeness (QED) is 0.163. The Morgan fingerprint density at radius 1 is 1.02 bits per heavy atom. The number of hydrogen-bond donors (Lipinski definition) is 3. The number of aromatic hydroxyl groups is 1. The highest BCUT2D eigenvalue weighted by molar-refractivity contribution is 8.01. The molecular formula is C41H71N5O6S. The number of nitrogens with zero attached hydrogens (tertiary/aromatic N) is 3. The van der Waals surface area contributed by atoms with Gasteiger partial charge in [-0.3, -0.25) is 24.1 Å². The molecule has 11 nitrogen and oxygen atoms in total. The molecule has 1 heterocycles. The van der Waals surface area contributed by atoms with E-state index in [1.54, 1.807) is 43.0 Å². The molecule has 1 aromatic rings. The van der Waals surface area contributed by atoms with Gasteiger partial charge in [-0.1, -0.05) is 86.9 Å². The van der Waals surface area contributed by atoms with Gasteiger partial charge in [0.1, 0.15) is 11.8 Å². The molecular weight excluding hydrogens is 691 g/mol. The Labute approximate surface area is 324 Å². The summed E-state index contributed by atoms with van der Waals surface area (Å²) in [5.41, 5.74) is 0.783. The second kappa shape index (κ2) is 21.3. The number of nitrogens with one attached hydrogen (secondary N) is 2. The standard InChI is InChI=1S/C41H71N5O6S/c1-14-28(6)38(45(12)40(51)36(26(2)3)43-39(50)37(27(4)5)44(10)11)32(52-13)24-35(49)46-23-17-19-30(46)33(53-41(7,8)9)25-34(48)42-22-21-29-18-15-16-20-31(29)47/h15-16,18,20,26-28,30,32-33,36-38,47H,14,17,19,21-25H2,1-13H3,(H,42,48)(H,43,50). The van der Waals surface area contributed by atoms with Crippen molar-refractivity contribution in [1.82, 2.24) is 25.3 Å². The normalized spacial score (nSPS) is 18.4. The number of methoxy groups -OCH3 is 1. The van der Waals surface area contributed by atoms with Crippen molar-refractivity contribution in [3.63, 3.8) is 0 Å². The number of para-hydroxylation sites is 1. The van der Waals surface area contributed by atoms with Crippen LogP contribution in [0.4, 0.5) is 0 Å². The maximum absolute atomic E-state index is 14.3. The lowest BCUT2D eigenvalue weighted by atomic mass is 9.89. The Balaban J connectivity index is 2.27. The van der Waals surface area contributed by atoms with Crippen molar-refractivity contribution < 1.29 is 29.0 Å². The molecule has 3 N–H and O–H groups in total. The molecule has 1 fully saturated rings. The first-order valence-electron chi connectivity index (χ1n) is 19.5. The number of likely N-dealkylation sites (N-methyl/N-ethyl adjacent to an activating group) is 2. The number of phenols is 1. The van der Waals surface area contributed by atoms with Crippen LogP contribution in [0.3, 0.4) is 0 Å². The van der Waals surface area contributed by atoms with Gasteiger partial charge in [0, 0.05) is 49.7 Å². The van der Waals surface area contributed by atoms with Crippen molar-refractivity contribution in [2.75, 3.05) is 41.3 Å². The van der Waals surface area contributed by atoms with Crippen LogP contribution in [0.5, 0.6) is 5.75 Å². The Bertz CT molecular complexity index is 1330. The van der Waals surface area contributed by atoms with Crippen molar-refractivity contribution in [3.8, 4) is 5.75 Å². The molecule has 1 aliphatic heterocycles. The number of rotatable bonds is 20. The molecule has 7 unspecified atom stereocenters. The van der Waals surface area contributed by atoms with Crippen molar-refractivity contribution in [2.45, 2.75) is 141 Å². The molecule has 7 atom stereocenters. The number of likely N-dealkylation sites (tertiary alicyclic amines) is 1. The van der Waals surface area contributed by atoms with E-state index in [0.29, 0.717) is 19.5 Å². The van der Waals surface area contributed by atoms with Gasteiger partial charge < -0.3 is 30.3 Å². The van der Waals surface area contributed by atoms with E-state index in [4.69, 9.17) is 4.74 Å². The fourth-order valence-electron chi connectivity index (χ4n) is 7.64. The van der Waals surface area contributed by atoms with E-state index in [2.05, 4.69) is 45.3 Å². The highest BCUT2D eigenvalue weighted by Gasteiger charge is 2.42. The maximum atomic E-state index is 14.3. The topological polar surface area (TPSA) is 132 Å². The molecule has 302 valence electrons. The summed E-state index contributed by atoms with van der Waals surface area (Å²) >= 11 is 1.73. The molecule has 4 amide bonds. The van der Waals surface area contributed by atoms with E-state index in [9.17, 15) is 24.3 Å². The van der Waals surface area contributed by atoms with Crippen LogP contribution >= 0.6 is 11.8 Å². The van der Waals surface area contributed by atoms with Gasteiger partial charge >= 0.3 is 0 Å². The van der Waals surface area contributed by atoms with Crippen LogP contribution in [0.1, 0.15) is 100.0 Å². The highest BCUT2D eigenvalue weighted by Crippen LogP contribution is 2.38. The summed E-state index contributed by atoms with van der Waals surface area (Å²) < 4.78 is 5.93. The minimum Gasteiger partial charge on any atom is -0.508 e. The van der Waals surface area contributed by atoms with E-state index in [-0.39, 0.29) is 82.1 Å². The van der Waals surface area contributed by atoms with E-state index in [1.807, 2.05) is 63.7 Å². The summed E-state index contributed by atoms with van der Waals surface area (Å²) in [4.78, 5) is 60.8. The predicted octanol–water partition coefficient (Wildman–Crippen LogP) is 5.34. The van der Waals surface area contributed by atoms with Gasteiger partial charge in [0.2, 0.25) is 23.6 Å². The van der Waals surface area contributed by atoms with Crippen LogP contribution in [0.25, 0.3) is 0 Å².